The smallest absolute Gasteiger partial charge is 0.235 e. The molecule has 8 heteroatoms. The van der Waals surface area contributed by atoms with Gasteiger partial charge in [-0.1, -0.05) is 72.8 Å². The van der Waals surface area contributed by atoms with Crippen LogP contribution in [0, 0.1) is 0 Å². The SMILES string of the molecule is c1ccc(N(c2ccc3c(c2)oc2ccccc23)c2cnc3c(c2)sc2nc(N(c4ccccc4)c4ccc5c(c4)oc4ccccc45)ncc23)cc1. The van der Waals surface area contributed by atoms with Gasteiger partial charge in [-0.05, 0) is 66.7 Å². The first kappa shape index (κ1) is 29.7. The summed E-state index contributed by atoms with van der Waals surface area (Å²) in [7, 11) is 0. The highest BCUT2D eigenvalue weighted by Gasteiger charge is 2.21. The fraction of sp³-hybridized carbons (Fsp3) is 0. The molecular formula is C45H27N5O2S. The molecule has 53 heavy (non-hydrogen) atoms. The Balaban J connectivity index is 1.03. The van der Waals surface area contributed by atoms with Gasteiger partial charge in [0.15, 0.2) is 0 Å². The highest BCUT2D eigenvalue weighted by Crippen LogP contribution is 2.42. The van der Waals surface area contributed by atoms with Crippen molar-refractivity contribution in [2.45, 2.75) is 0 Å². The first-order chi connectivity index (χ1) is 26.2. The van der Waals surface area contributed by atoms with Crippen molar-refractivity contribution >= 4 is 110 Å². The van der Waals surface area contributed by atoms with Crippen LogP contribution in [-0.4, -0.2) is 15.0 Å². The molecule has 11 aromatic rings. The number of benzene rings is 6. The molecule has 0 unspecified atom stereocenters. The van der Waals surface area contributed by atoms with Crippen molar-refractivity contribution in [1.29, 1.82) is 0 Å². The van der Waals surface area contributed by atoms with Crippen molar-refractivity contribution in [3.8, 4) is 0 Å². The van der Waals surface area contributed by atoms with Gasteiger partial charge in [0.25, 0.3) is 0 Å². The van der Waals surface area contributed by atoms with Gasteiger partial charge in [-0.15, -0.1) is 11.3 Å². The Hall–Kier alpha value is -7.03. The van der Waals surface area contributed by atoms with E-state index in [1.165, 1.54) is 0 Å². The largest absolute Gasteiger partial charge is 0.456 e. The standard InChI is InChI=1S/C45H27N5O2S/c1-3-11-28(12-4-1)49(30-19-21-35-33-15-7-9-17-38(33)51-40(35)23-30)32-25-42-43(46-26-32)37-27-47-45(48-44(37)53-42)50(29-13-5-2-6-14-29)31-20-22-36-34-16-8-10-18-39(34)52-41(36)24-31/h1-27H. The van der Waals surface area contributed by atoms with Gasteiger partial charge in [-0.25, -0.2) is 9.97 Å². The van der Waals surface area contributed by atoms with Gasteiger partial charge in [-0.2, -0.15) is 0 Å². The van der Waals surface area contributed by atoms with Crippen LogP contribution in [0.2, 0.25) is 0 Å². The number of nitrogens with zero attached hydrogens (tertiary/aromatic N) is 5. The molecule has 250 valence electrons. The summed E-state index contributed by atoms with van der Waals surface area (Å²) in [4.78, 5) is 20.3. The maximum Gasteiger partial charge on any atom is 0.235 e. The second-order valence-corrected chi connectivity index (χ2v) is 14.0. The molecule has 0 bridgehead atoms. The lowest BCUT2D eigenvalue weighted by molar-refractivity contribution is 0.668. The van der Waals surface area contributed by atoms with Crippen molar-refractivity contribution in [1.82, 2.24) is 15.0 Å². The zero-order valence-electron chi connectivity index (χ0n) is 28.0. The van der Waals surface area contributed by atoms with Crippen molar-refractivity contribution in [2.75, 3.05) is 9.80 Å². The minimum absolute atomic E-state index is 0.566. The van der Waals surface area contributed by atoms with E-state index in [1.807, 2.05) is 73.1 Å². The number of hydrogen-bond donors (Lipinski definition) is 0. The van der Waals surface area contributed by atoms with Gasteiger partial charge in [0, 0.05) is 56.9 Å². The lowest BCUT2D eigenvalue weighted by atomic mass is 10.1. The summed E-state index contributed by atoms with van der Waals surface area (Å²) < 4.78 is 13.6. The minimum Gasteiger partial charge on any atom is -0.456 e. The molecule has 0 aliphatic heterocycles. The van der Waals surface area contributed by atoms with Gasteiger partial charge < -0.3 is 13.7 Å². The number of fused-ring (bicyclic) bond motifs is 9. The molecule has 0 saturated heterocycles. The van der Waals surface area contributed by atoms with Crippen LogP contribution in [0.1, 0.15) is 0 Å². The topological polar surface area (TPSA) is 71.4 Å². The molecule has 0 fully saturated rings. The molecule has 11 rings (SSSR count). The van der Waals surface area contributed by atoms with Crippen LogP contribution in [-0.2, 0) is 0 Å². The molecule has 7 nitrogen and oxygen atoms in total. The maximum atomic E-state index is 6.29. The predicted molar refractivity (Wildman–Crippen MR) is 217 cm³/mol. The Morgan fingerprint density at radius 1 is 0.415 bits per heavy atom. The molecule has 0 spiro atoms. The molecule has 0 atom stereocenters. The lowest BCUT2D eigenvalue weighted by Crippen LogP contribution is -2.13. The number of thiophene rings is 1. The Morgan fingerprint density at radius 3 is 1.60 bits per heavy atom. The van der Waals surface area contributed by atoms with E-state index in [2.05, 4.69) is 101 Å². The molecule has 0 saturated carbocycles. The summed E-state index contributed by atoms with van der Waals surface area (Å²) in [5.41, 5.74) is 9.05. The maximum absolute atomic E-state index is 6.29. The number of hydrogen-bond acceptors (Lipinski definition) is 8. The molecular weight excluding hydrogens is 675 g/mol. The first-order valence-electron chi connectivity index (χ1n) is 17.3. The average Bonchev–Trinajstić information content (AvgIpc) is 3.89. The lowest BCUT2D eigenvalue weighted by Gasteiger charge is -2.25. The van der Waals surface area contributed by atoms with E-state index in [4.69, 9.17) is 23.8 Å². The van der Waals surface area contributed by atoms with E-state index >= 15 is 0 Å². The van der Waals surface area contributed by atoms with E-state index in [0.29, 0.717) is 5.95 Å². The van der Waals surface area contributed by atoms with Crippen LogP contribution in [0.3, 0.4) is 0 Å². The summed E-state index contributed by atoms with van der Waals surface area (Å²) in [5.74, 6) is 0.566. The summed E-state index contributed by atoms with van der Waals surface area (Å²) in [6.07, 6.45) is 3.82. The van der Waals surface area contributed by atoms with Crippen molar-refractivity contribution in [3.63, 3.8) is 0 Å². The van der Waals surface area contributed by atoms with E-state index < -0.39 is 0 Å². The fourth-order valence-corrected chi connectivity index (χ4v) is 8.37. The number of para-hydroxylation sites is 4. The number of pyridine rings is 1. The predicted octanol–water partition coefficient (Wildman–Crippen LogP) is 13.0. The Bertz CT molecular complexity index is 2940. The quantitative estimate of drug-likeness (QED) is 0.171. The van der Waals surface area contributed by atoms with Crippen LogP contribution < -0.4 is 9.80 Å². The van der Waals surface area contributed by atoms with Gasteiger partial charge in [-0.3, -0.25) is 9.88 Å². The van der Waals surface area contributed by atoms with Crippen LogP contribution in [0.25, 0.3) is 64.3 Å². The number of furan rings is 2. The molecule has 0 aliphatic carbocycles. The first-order valence-corrected chi connectivity index (χ1v) is 18.2. The average molecular weight is 702 g/mol. The summed E-state index contributed by atoms with van der Waals surface area (Å²) in [5, 5.41) is 5.27. The zero-order valence-corrected chi connectivity index (χ0v) is 28.9. The highest BCUT2D eigenvalue weighted by molar-refractivity contribution is 7.25. The van der Waals surface area contributed by atoms with E-state index in [1.54, 1.807) is 11.3 Å². The number of rotatable bonds is 6. The van der Waals surface area contributed by atoms with Crippen molar-refractivity contribution in [3.05, 3.63) is 164 Å². The molecule has 5 aromatic heterocycles. The normalized spacial score (nSPS) is 11.8. The molecule has 0 aliphatic rings. The Labute approximate surface area is 306 Å². The molecule has 6 aromatic carbocycles. The van der Waals surface area contributed by atoms with Crippen LogP contribution >= 0.6 is 11.3 Å². The summed E-state index contributed by atoms with van der Waals surface area (Å²) in [6.45, 7) is 0. The monoisotopic (exact) mass is 701 g/mol. The van der Waals surface area contributed by atoms with E-state index in [0.717, 1.165) is 92.7 Å². The van der Waals surface area contributed by atoms with E-state index in [-0.39, 0.29) is 0 Å². The minimum atomic E-state index is 0.566. The van der Waals surface area contributed by atoms with Crippen molar-refractivity contribution < 1.29 is 8.83 Å². The molecule has 0 N–H and O–H groups in total. The second kappa shape index (κ2) is 11.8. The third-order valence-corrected chi connectivity index (χ3v) is 10.8. The van der Waals surface area contributed by atoms with Crippen LogP contribution in [0.5, 0.6) is 0 Å². The van der Waals surface area contributed by atoms with Crippen LogP contribution in [0.15, 0.2) is 173 Å². The van der Waals surface area contributed by atoms with Gasteiger partial charge in [0.1, 0.15) is 27.2 Å². The zero-order chi connectivity index (χ0) is 34.9. The molecule has 0 amide bonds. The second-order valence-electron chi connectivity index (χ2n) is 12.9. The Kier molecular flexibility index (Phi) is 6.59. The number of anilines is 6. The van der Waals surface area contributed by atoms with Crippen LogP contribution in [0.4, 0.5) is 34.4 Å². The van der Waals surface area contributed by atoms with Gasteiger partial charge in [0.2, 0.25) is 5.95 Å². The summed E-state index contributed by atoms with van der Waals surface area (Å²) >= 11 is 1.61. The third kappa shape index (κ3) is 4.84. The fourth-order valence-electron chi connectivity index (χ4n) is 7.33. The summed E-state index contributed by atoms with van der Waals surface area (Å²) in [6, 6.07) is 51.7. The van der Waals surface area contributed by atoms with E-state index in [9.17, 15) is 0 Å². The number of aromatic nitrogens is 3. The Morgan fingerprint density at radius 2 is 0.962 bits per heavy atom. The van der Waals surface area contributed by atoms with Gasteiger partial charge >= 0.3 is 0 Å². The van der Waals surface area contributed by atoms with Gasteiger partial charge in [0.05, 0.1) is 33.2 Å². The molecule has 5 heterocycles. The van der Waals surface area contributed by atoms with Crippen molar-refractivity contribution in [2.24, 2.45) is 0 Å². The molecule has 0 radical (unpaired) electrons. The third-order valence-electron chi connectivity index (χ3n) is 9.77. The highest BCUT2D eigenvalue weighted by atomic mass is 32.1.